The van der Waals surface area contributed by atoms with Crippen LogP contribution in [0.15, 0.2) is 16.5 Å². The zero-order valence-electron chi connectivity index (χ0n) is 11.8. The molecule has 21 heavy (non-hydrogen) atoms. The highest BCUT2D eigenvalue weighted by Gasteiger charge is 2.31. The molecular weight excluding hydrogens is 274 g/mol. The number of hydrogen-bond donors (Lipinski definition) is 1. The Morgan fingerprint density at radius 1 is 1.33 bits per heavy atom. The van der Waals surface area contributed by atoms with Crippen LogP contribution in [0.2, 0.25) is 0 Å². The lowest BCUT2D eigenvalue weighted by Gasteiger charge is -2.34. The summed E-state index contributed by atoms with van der Waals surface area (Å²) in [6.45, 7) is 2.48. The third-order valence-electron chi connectivity index (χ3n) is 4.48. The van der Waals surface area contributed by atoms with Crippen molar-refractivity contribution in [2.75, 3.05) is 19.6 Å². The number of carbonyl (C=O) groups is 1. The van der Waals surface area contributed by atoms with Gasteiger partial charge in [0.1, 0.15) is 4.92 Å². The van der Waals surface area contributed by atoms with Gasteiger partial charge in [0.2, 0.25) is 0 Å². The first-order chi connectivity index (χ1) is 10.1. The van der Waals surface area contributed by atoms with Crippen LogP contribution in [0.5, 0.6) is 0 Å². The predicted octanol–water partition coefficient (Wildman–Crippen LogP) is 1.79. The molecule has 2 saturated heterocycles. The van der Waals surface area contributed by atoms with Crippen LogP contribution in [0.4, 0.5) is 5.88 Å². The molecule has 1 aromatic rings. The molecule has 2 aliphatic rings. The molecule has 0 aromatic carbocycles. The van der Waals surface area contributed by atoms with E-state index in [9.17, 15) is 14.9 Å². The summed E-state index contributed by atoms with van der Waals surface area (Å²) in [6.07, 6.45) is 4.42. The normalized spacial score (nSPS) is 23.4. The van der Waals surface area contributed by atoms with Crippen LogP contribution in [0.1, 0.15) is 36.2 Å². The average molecular weight is 293 g/mol. The van der Waals surface area contributed by atoms with Crippen molar-refractivity contribution in [3.8, 4) is 0 Å². The minimum absolute atomic E-state index is 0.0548. The van der Waals surface area contributed by atoms with Crippen molar-refractivity contribution in [1.29, 1.82) is 0 Å². The first-order valence-electron chi connectivity index (χ1n) is 7.42. The van der Waals surface area contributed by atoms with Crippen LogP contribution in [0.25, 0.3) is 0 Å². The molecule has 1 aromatic heterocycles. The Kier molecular flexibility index (Phi) is 3.92. The van der Waals surface area contributed by atoms with E-state index in [0.29, 0.717) is 25.0 Å². The lowest BCUT2D eigenvalue weighted by Crippen LogP contribution is -2.43. The molecule has 1 amide bonds. The molecule has 0 spiro atoms. The zero-order chi connectivity index (χ0) is 14.8. The van der Waals surface area contributed by atoms with E-state index in [4.69, 9.17) is 4.42 Å². The van der Waals surface area contributed by atoms with Crippen LogP contribution in [0.3, 0.4) is 0 Å². The van der Waals surface area contributed by atoms with Crippen molar-refractivity contribution in [1.82, 2.24) is 10.2 Å². The minimum Gasteiger partial charge on any atom is -0.395 e. The molecule has 1 N–H and O–H groups in total. The van der Waals surface area contributed by atoms with Gasteiger partial charge in [0.25, 0.3) is 5.91 Å². The molecule has 0 saturated carbocycles. The van der Waals surface area contributed by atoms with E-state index in [1.54, 1.807) is 4.90 Å². The molecule has 2 aliphatic heterocycles. The molecule has 3 rings (SSSR count). The van der Waals surface area contributed by atoms with Gasteiger partial charge >= 0.3 is 5.88 Å². The number of nitro groups is 1. The number of nitrogens with one attached hydrogen (secondary N) is 1. The second-order valence-corrected chi connectivity index (χ2v) is 5.73. The second kappa shape index (κ2) is 5.85. The number of amides is 1. The van der Waals surface area contributed by atoms with Crippen molar-refractivity contribution in [2.45, 2.75) is 31.7 Å². The van der Waals surface area contributed by atoms with E-state index in [1.165, 1.54) is 25.0 Å². The highest BCUT2D eigenvalue weighted by molar-refractivity contribution is 5.91. The molecule has 2 fully saturated rings. The van der Waals surface area contributed by atoms with Crippen LogP contribution in [-0.4, -0.2) is 41.4 Å². The summed E-state index contributed by atoms with van der Waals surface area (Å²) in [7, 11) is 0. The number of hydrogen-bond acceptors (Lipinski definition) is 5. The van der Waals surface area contributed by atoms with Crippen molar-refractivity contribution in [3.05, 3.63) is 28.0 Å². The van der Waals surface area contributed by atoms with Gasteiger partial charge in [0.05, 0.1) is 6.07 Å². The highest BCUT2D eigenvalue weighted by Crippen LogP contribution is 2.27. The van der Waals surface area contributed by atoms with Crippen molar-refractivity contribution < 1.29 is 14.1 Å². The number of furan rings is 1. The third-order valence-corrected chi connectivity index (χ3v) is 4.48. The van der Waals surface area contributed by atoms with Gasteiger partial charge in [0.15, 0.2) is 5.76 Å². The van der Waals surface area contributed by atoms with Gasteiger partial charge in [-0.3, -0.25) is 14.9 Å². The molecule has 1 atom stereocenters. The molecule has 0 radical (unpaired) electrons. The summed E-state index contributed by atoms with van der Waals surface area (Å²) in [5.41, 5.74) is 0. The SMILES string of the molecule is O=C(c1ccc([N+](=O)[O-])o1)N1CCC(C2CCCN2)CC1. The summed E-state index contributed by atoms with van der Waals surface area (Å²) in [5.74, 6) is 0.0472. The van der Waals surface area contributed by atoms with E-state index in [0.717, 1.165) is 19.4 Å². The fraction of sp³-hybridized carbons (Fsp3) is 0.643. The Balaban J connectivity index is 1.58. The minimum atomic E-state index is -0.630. The molecule has 0 aliphatic carbocycles. The molecule has 114 valence electrons. The predicted molar refractivity (Wildman–Crippen MR) is 75.0 cm³/mol. The monoisotopic (exact) mass is 293 g/mol. The van der Waals surface area contributed by atoms with Gasteiger partial charge in [-0.1, -0.05) is 0 Å². The Morgan fingerprint density at radius 2 is 2.10 bits per heavy atom. The molecule has 7 heteroatoms. The lowest BCUT2D eigenvalue weighted by molar-refractivity contribution is -0.402. The largest absolute Gasteiger partial charge is 0.433 e. The number of nitrogens with zero attached hydrogens (tertiary/aromatic N) is 2. The van der Waals surface area contributed by atoms with Gasteiger partial charge < -0.3 is 14.6 Å². The van der Waals surface area contributed by atoms with Crippen molar-refractivity contribution in [3.63, 3.8) is 0 Å². The van der Waals surface area contributed by atoms with E-state index in [1.807, 2.05) is 0 Å². The zero-order valence-corrected chi connectivity index (χ0v) is 11.8. The summed E-state index contributed by atoms with van der Waals surface area (Å²) in [5, 5.41) is 14.1. The summed E-state index contributed by atoms with van der Waals surface area (Å²) < 4.78 is 4.98. The third kappa shape index (κ3) is 2.92. The number of likely N-dealkylation sites (tertiary alicyclic amines) is 1. The van der Waals surface area contributed by atoms with Gasteiger partial charge in [-0.25, -0.2) is 0 Å². The molecule has 7 nitrogen and oxygen atoms in total. The van der Waals surface area contributed by atoms with E-state index in [2.05, 4.69) is 5.32 Å². The highest BCUT2D eigenvalue weighted by atomic mass is 16.6. The molecule has 1 unspecified atom stereocenters. The smallest absolute Gasteiger partial charge is 0.395 e. The molecule has 0 bridgehead atoms. The summed E-state index contributed by atoms with van der Waals surface area (Å²) >= 11 is 0. The quantitative estimate of drug-likeness (QED) is 0.678. The second-order valence-electron chi connectivity index (χ2n) is 5.73. The lowest BCUT2D eigenvalue weighted by atomic mass is 9.88. The average Bonchev–Trinajstić information content (AvgIpc) is 3.18. The van der Waals surface area contributed by atoms with Gasteiger partial charge in [-0.2, -0.15) is 0 Å². The maximum atomic E-state index is 12.3. The fourth-order valence-electron chi connectivity index (χ4n) is 3.32. The van der Waals surface area contributed by atoms with Crippen LogP contribution in [0, 0.1) is 16.0 Å². The standard InChI is InChI=1S/C14H19N3O4/c18-14(12-3-4-13(21-12)17(19)20)16-8-5-10(6-9-16)11-2-1-7-15-11/h3-4,10-11,15H,1-2,5-9H2. The first kappa shape index (κ1) is 14.1. The fourth-order valence-corrected chi connectivity index (χ4v) is 3.32. The Labute approximate surface area is 122 Å². The number of piperidine rings is 1. The van der Waals surface area contributed by atoms with E-state index in [-0.39, 0.29) is 17.6 Å². The Morgan fingerprint density at radius 3 is 2.67 bits per heavy atom. The number of carbonyl (C=O) groups excluding carboxylic acids is 1. The summed E-state index contributed by atoms with van der Waals surface area (Å²) in [6, 6.07) is 3.19. The van der Waals surface area contributed by atoms with Crippen LogP contribution < -0.4 is 5.32 Å². The van der Waals surface area contributed by atoms with Gasteiger partial charge in [-0.15, -0.1) is 0 Å². The Bertz CT molecular complexity index is 528. The topological polar surface area (TPSA) is 88.6 Å². The summed E-state index contributed by atoms with van der Waals surface area (Å²) in [4.78, 5) is 23.9. The van der Waals surface area contributed by atoms with Crippen molar-refractivity contribution in [2.24, 2.45) is 5.92 Å². The maximum absolute atomic E-state index is 12.3. The maximum Gasteiger partial charge on any atom is 0.433 e. The van der Waals surface area contributed by atoms with Gasteiger partial charge in [0, 0.05) is 19.1 Å². The molecular formula is C14H19N3O4. The van der Waals surface area contributed by atoms with Crippen LogP contribution in [-0.2, 0) is 0 Å². The van der Waals surface area contributed by atoms with Crippen LogP contribution >= 0.6 is 0 Å². The van der Waals surface area contributed by atoms with Crippen molar-refractivity contribution >= 4 is 11.8 Å². The van der Waals surface area contributed by atoms with Gasteiger partial charge in [-0.05, 0) is 44.2 Å². The van der Waals surface area contributed by atoms with E-state index < -0.39 is 4.92 Å². The number of rotatable bonds is 3. The first-order valence-corrected chi connectivity index (χ1v) is 7.42. The Hall–Kier alpha value is -1.89. The van der Waals surface area contributed by atoms with E-state index >= 15 is 0 Å². The molecule has 3 heterocycles.